The van der Waals surface area contributed by atoms with Gasteiger partial charge in [-0.25, -0.2) is 4.98 Å². The molecule has 0 radical (unpaired) electrons. The Bertz CT molecular complexity index is 4360. The van der Waals surface area contributed by atoms with E-state index in [9.17, 15) is 6.85 Å². The summed E-state index contributed by atoms with van der Waals surface area (Å²) in [5, 5.41) is 0.152. The van der Waals surface area contributed by atoms with E-state index < -0.39 is 30.2 Å². The molecule has 0 atom stereocenters. The molecule has 0 aliphatic rings. The van der Waals surface area contributed by atoms with Gasteiger partial charge in [0, 0.05) is 45.6 Å². The maximum atomic E-state index is 9.51. The molecule has 360 valence electrons. The van der Waals surface area contributed by atoms with Gasteiger partial charge in [-0.1, -0.05) is 200 Å². The van der Waals surface area contributed by atoms with Gasteiger partial charge in [-0.15, -0.1) is 29.6 Å². The summed E-state index contributed by atoms with van der Waals surface area (Å²) in [6, 6.07) is 41.1. The average Bonchev–Trinajstić information content (AvgIpc) is 1.83. The quantitative estimate of drug-likeness (QED) is 0.101. The SMILES string of the molecule is [2H]c1c([2H])c([2H])c(-c2cccc(-c3cc(C(C)(C)C)cc(C(C)(C)C)c3)c2-[n+]2[c-]n(-c3[c-]c(Oc4[c-]c5c(c([2H])c4[2H])c4c([2H])c([2H])c([2H])c([2H])c4n5-c4cc(CC(C)(C)c5ccccc5)ccn4)ccc3)c3ccccc32)c([2H])c1[2H].[Pt]. The van der Waals surface area contributed by atoms with Gasteiger partial charge >= 0.3 is 0 Å². The third kappa shape index (κ3) is 9.23. The molecule has 0 aliphatic heterocycles. The van der Waals surface area contributed by atoms with Gasteiger partial charge in [0.2, 0.25) is 0 Å². The summed E-state index contributed by atoms with van der Waals surface area (Å²) < 4.78 is 111. The number of rotatable bonds is 10. The van der Waals surface area contributed by atoms with Crippen LogP contribution in [0.15, 0.2) is 194 Å². The Kier molecular flexibility index (Phi) is 9.66. The minimum absolute atomic E-state index is 0. The summed E-state index contributed by atoms with van der Waals surface area (Å²) in [5.74, 6) is 0.311. The van der Waals surface area contributed by atoms with Gasteiger partial charge in [-0.2, -0.15) is 18.2 Å². The van der Waals surface area contributed by atoms with Crippen LogP contribution in [0.3, 0.4) is 0 Å². The number of imidazole rings is 1. The number of fused-ring (bicyclic) bond motifs is 4. The van der Waals surface area contributed by atoms with Gasteiger partial charge in [0.1, 0.15) is 5.82 Å². The molecule has 0 spiro atoms. The number of nitrogens with zero attached hydrogens (tertiary/aromatic N) is 4. The van der Waals surface area contributed by atoms with Gasteiger partial charge in [0.25, 0.3) is 6.33 Å². The van der Waals surface area contributed by atoms with Crippen LogP contribution in [0, 0.1) is 18.5 Å². The Hall–Kier alpha value is -7.33. The fraction of sp³-hybridized carbons (Fsp3) is 0.182. The second-order valence-electron chi connectivity index (χ2n) is 20.7. The third-order valence-corrected chi connectivity index (χ3v) is 13.1. The van der Waals surface area contributed by atoms with E-state index in [-0.39, 0.29) is 112 Å². The molecule has 0 saturated carbocycles. The molecule has 6 heteroatoms. The molecule has 0 aliphatic carbocycles. The summed E-state index contributed by atoms with van der Waals surface area (Å²) in [5.41, 5.74) is 8.04. The summed E-state index contributed by atoms with van der Waals surface area (Å²) in [7, 11) is 0. The van der Waals surface area contributed by atoms with Crippen LogP contribution in [0.2, 0.25) is 0 Å². The van der Waals surface area contributed by atoms with Gasteiger partial charge in [-0.05, 0) is 97.8 Å². The number of benzene rings is 8. The third-order valence-electron chi connectivity index (χ3n) is 13.1. The van der Waals surface area contributed by atoms with Crippen molar-refractivity contribution in [3.63, 3.8) is 0 Å². The second-order valence-corrected chi connectivity index (χ2v) is 20.7. The summed E-state index contributed by atoms with van der Waals surface area (Å²) in [6.07, 6.45) is 5.84. The van der Waals surface area contributed by atoms with Crippen molar-refractivity contribution in [3.05, 3.63) is 235 Å². The van der Waals surface area contributed by atoms with Crippen LogP contribution in [-0.2, 0) is 43.7 Å². The molecule has 5 nitrogen and oxygen atoms in total. The minimum Gasteiger partial charge on any atom is -0.510 e. The van der Waals surface area contributed by atoms with Crippen molar-refractivity contribution in [2.75, 3.05) is 0 Å². The average molecular weight is 1130 g/mol. The Morgan fingerprint density at radius 1 is 0.583 bits per heavy atom. The normalized spacial score (nSPS) is 14.2. The van der Waals surface area contributed by atoms with Crippen LogP contribution in [-0.4, -0.2) is 14.1 Å². The molecule has 72 heavy (non-hydrogen) atoms. The van der Waals surface area contributed by atoms with Crippen molar-refractivity contribution in [1.29, 1.82) is 0 Å². The number of para-hydroxylation sites is 4. The molecule has 0 amide bonds. The van der Waals surface area contributed by atoms with Gasteiger partial charge in [0.15, 0.2) is 0 Å². The van der Waals surface area contributed by atoms with E-state index in [0.717, 1.165) is 33.4 Å². The number of hydrogen-bond acceptors (Lipinski definition) is 2. The summed E-state index contributed by atoms with van der Waals surface area (Å²) >= 11 is 0. The van der Waals surface area contributed by atoms with Crippen LogP contribution in [0.4, 0.5) is 0 Å². The first-order valence-electron chi connectivity index (χ1n) is 29.3. The Morgan fingerprint density at radius 3 is 2.01 bits per heavy atom. The van der Waals surface area contributed by atoms with E-state index in [1.807, 2.05) is 77.4 Å². The first-order valence-corrected chi connectivity index (χ1v) is 23.8. The fourth-order valence-corrected chi connectivity index (χ4v) is 9.36. The van der Waals surface area contributed by atoms with Crippen LogP contribution in [0.1, 0.15) is 92.7 Å². The van der Waals surface area contributed by atoms with E-state index in [4.69, 9.17) is 17.9 Å². The van der Waals surface area contributed by atoms with E-state index in [1.54, 1.807) is 33.5 Å². The molecule has 0 fully saturated rings. The van der Waals surface area contributed by atoms with Crippen LogP contribution < -0.4 is 9.30 Å². The zero-order valence-corrected chi connectivity index (χ0v) is 43.6. The van der Waals surface area contributed by atoms with Crippen molar-refractivity contribution in [2.24, 2.45) is 0 Å². The molecule has 8 aromatic carbocycles. The molecule has 11 aromatic rings. The van der Waals surface area contributed by atoms with E-state index in [2.05, 4.69) is 104 Å². The molecule has 11 rings (SSSR count). The van der Waals surface area contributed by atoms with Crippen molar-refractivity contribution in [1.82, 2.24) is 14.1 Å². The topological polar surface area (TPSA) is 35.9 Å². The van der Waals surface area contributed by atoms with Crippen molar-refractivity contribution < 1.29 is 45.4 Å². The zero-order valence-electron chi connectivity index (χ0n) is 52.3. The molecule has 3 aromatic heterocycles. The predicted octanol–water partition coefficient (Wildman–Crippen LogP) is 16.0. The molecular formula is C66H58N4OPt-2. The Labute approximate surface area is 454 Å². The summed E-state index contributed by atoms with van der Waals surface area (Å²) in [6.45, 7) is 17.3. The van der Waals surface area contributed by atoms with Crippen LogP contribution >= 0.6 is 0 Å². The largest absolute Gasteiger partial charge is 0.510 e. The van der Waals surface area contributed by atoms with Crippen molar-refractivity contribution in [3.8, 4) is 50.9 Å². The number of aromatic nitrogens is 4. The molecule has 3 heterocycles. The minimum atomic E-state index is -0.496. The van der Waals surface area contributed by atoms with E-state index in [1.165, 1.54) is 0 Å². The van der Waals surface area contributed by atoms with Gasteiger partial charge < -0.3 is 13.9 Å². The van der Waals surface area contributed by atoms with Crippen molar-refractivity contribution >= 4 is 32.8 Å². The van der Waals surface area contributed by atoms with Crippen LogP contribution in [0.5, 0.6) is 11.5 Å². The first-order chi connectivity index (χ1) is 38.8. The number of ether oxygens (including phenoxy) is 1. The molecule has 0 unspecified atom stereocenters. The zero-order chi connectivity index (χ0) is 58.6. The monoisotopic (exact) mass is 1130 g/mol. The molecule has 0 N–H and O–H groups in total. The Morgan fingerprint density at radius 2 is 1.26 bits per heavy atom. The van der Waals surface area contributed by atoms with Gasteiger partial charge in [-0.3, -0.25) is 4.57 Å². The molecule has 0 saturated heterocycles. The van der Waals surface area contributed by atoms with Gasteiger partial charge in [0.05, 0.1) is 29.1 Å². The van der Waals surface area contributed by atoms with Crippen molar-refractivity contribution in [2.45, 2.75) is 78.1 Å². The predicted molar refractivity (Wildman–Crippen MR) is 291 cm³/mol. The van der Waals surface area contributed by atoms with Crippen LogP contribution in [0.25, 0.3) is 72.3 Å². The smallest absolute Gasteiger partial charge is 0.268 e. The fourth-order valence-electron chi connectivity index (χ4n) is 9.36. The standard InChI is InChI=1S/C66H58N4O.Pt/c1-64(2,3)49-38-47(39-50(40-49)65(4,5)6)55-29-20-28-54(46-21-11-9-12-22-46)63(55)69-44-68(59-31-17-18-32-60(59)69)51-25-19-26-52(41-51)71-53-33-34-57-56-27-15-16-30-58(56)70(61(57)42-53)62-37-45(35-36-67-62)43-66(7,8)48-23-13-10-14-24-48;/h9-40H,43H2,1-8H3;/q-2;/i9D,11D,12D,15D,16D,21D,22D,27D,30D,33D,34D;. The molecule has 0 bridgehead atoms. The maximum Gasteiger partial charge on any atom is 0.268 e. The number of hydrogen-bond donors (Lipinski definition) is 0. The second kappa shape index (κ2) is 19.0. The number of pyridine rings is 1. The van der Waals surface area contributed by atoms with E-state index >= 15 is 0 Å². The molecular weight excluding hydrogens is 1060 g/mol. The maximum absolute atomic E-state index is 9.51. The first kappa shape index (κ1) is 36.6. The Balaban J connectivity index is 0.00000769. The van der Waals surface area contributed by atoms with E-state index in [0.29, 0.717) is 40.2 Å². The summed E-state index contributed by atoms with van der Waals surface area (Å²) in [4.78, 5) is 4.74.